The molecule has 1 heterocycles. The molecule has 5 nitrogen and oxygen atoms in total. The van der Waals surface area contributed by atoms with E-state index >= 15 is 0 Å². The summed E-state index contributed by atoms with van der Waals surface area (Å²) >= 11 is 0. The first-order valence-corrected chi connectivity index (χ1v) is 6.52. The van der Waals surface area contributed by atoms with Crippen LogP contribution in [0.15, 0.2) is 24.3 Å². The molecule has 1 aliphatic heterocycles. The van der Waals surface area contributed by atoms with E-state index in [0.29, 0.717) is 39.3 Å². The summed E-state index contributed by atoms with van der Waals surface area (Å²) in [7, 11) is 0. The van der Waals surface area contributed by atoms with Crippen molar-refractivity contribution in [3.63, 3.8) is 0 Å². The van der Waals surface area contributed by atoms with Gasteiger partial charge in [0.15, 0.2) is 0 Å². The zero-order valence-electron chi connectivity index (χ0n) is 10.9. The molecule has 0 radical (unpaired) electrons. The van der Waals surface area contributed by atoms with Crippen LogP contribution in [0.4, 0.5) is 0 Å². The normalized spacial score (nSPS) is 19.1. The molecule has 1 unspecified atom stereocenters. The van der Waals surface area contributed by atoms with Crippen molar-refractivity contribution in [1.29, 1.82) is 0 Å². The number of nitrogens with one attached hydrogen (secondary N) is 1. The molecule has 3 N–H and O–H groups in total. The van der Waals surface area contributed by atoms with Gasteiger partial charge in [-0.2, -0.15) is 0 Å². The van der Waals surface area contributed by atoms with Gasteiger partial charge in [0, 0.05) is 13.1 Å². The Balaban J connectivity index is 1.73. The Bertz CT molecular complexity index is 400. The molecule has 104 valence electrons. The minimum atomic E-state index is -0.0303. The molecular formula is C14H20N2O3. The number of ether oxygens (including phenoxy) is 2. The van der Waals surface area contributed by atoms with E-state index in [1.54, 1.807) is 0 Å². The summed E-state index contributed by atoms with van der Waals surface area (Å²) in [5.41, 5.74) is 7.57. The van der Waals surface area contributed by atoms with Crippen LogP contribution in [-0.4, -0.2) is 38.4 Å². The summed E-state index contributed by atoms with van der Waals surface area (Å²) in [5.74, 6) is -0.00493. The lowest BCUT2D eigenvalue weighted by Gasteiger charge is -2.23. The number of benzene rings is 1. The standard InChI is InChI=1S/C14H20N2O3/c15-8-12-3-1-11(2-4-12)7-14(17)16-9-13-10-18-5-6-19-13/h1-4,13H,5-10,15H2,(H,16,17). The van der Waals surface area contributed by atoms with Gasteiger partial charge in [-0.25, -0.2) is 0 Å². The van der Waals surface area contributed by atoms with Gasteiger partial charge in [0.05, 0.1) is 32.3 Å². The number of hydrogen-bond acceptors (Lipinski definition) is 4. The lowest BCUT2D eigenvalue weighted by atomic mass is 10.1. The highest BCUT2D eigenvalue weighted by atomic mass is 16.6. The van der Waals surface area contributed by atoms with E-state index in [4.69, 9.17) is 15.2 Å². The maximum atomic E-state index is 11.8. The summed E-state index contributed by atoms with van der Waals surface area (Å²) in [6.45, 7) is 2.80. The second-order valence-corrected chi connectivity index (χ2v) is 4.57. The third-order valence-electron chi connectivity index (χ3n) is 3.04. The molecule has 1 aromatic carbocycles. The Morgan fingerprint density at radius 1 is 1.26 bits per heavy atom. The van der Waals surface area contributed by atoms with Crippen molar-refractivity contribution in [1.82, 2.24) is 5.32 Å². The van der Waals surface area contributed by atoms with Crippen molar-refractivity contribution in [3.05, 3.63) is 35.4 Å². The van der Waals surface area contributed by atoms with Crippen LogP contribution >= 0.6 is 0 Å². The molecule has 0 aromatic heterocycles. The van der Waals surface area contributed by atoms with Gasteiger partial charge >= 0.3 is 0 Å². The van der Waals surface area contributed by atoms with Gasteiger partial charge in [0.2, 0.25) is 5.91 Å². The lowest BCUT2D eigenvalue weighted by Crippen LogP contribution is -2.40. The quantitative estimate of drug-likeness (QED) is 0.798. The van der Waals surface area contributed by atoms with E-state index in [1.807, 2.05) is 24.3 Å². The number of amides is 1. The first-order chi connectivity index (χ1) is 9.28. The zero-order valence-corrected chi connectivity index (χ0v) is 10.9. The van der Waals surface area contributed by atoms with Gasteiger partial charge in [0.25, 0.3) is 0 Å². The number of carbonyl (C=O) groups excluding carboxylic acids is 1. The Kier molecular flexibility index (Phi) is 5.32. The highest BCUT2D eigenvalue weighted by molar-refractivity contribution is 5.78. The molecule has 0 bridgehead atoms. The smallest absolute Gasteiger partial charge is 0.224 e. The molecule has 2 rings (SSSR count). The van der Waals surface area contributed by atoms with Crippen LogP contribution in [0.25, 0.3) is 0 Å². The van der Waals surface area contributed by atoms with Crippen LogP contribution in [0, 0.1) is 0 Å². The summed E-state index contributed by atoms with van der Waals surface area (Å²) in [6.07, 6.45) is 0.343. The first-order valence-electron chi connectivity index (χ1n) is 6.52. The summed E-state index contributed by atoms with van der Waals surface area (Å²) in [5, 5.41) is 2.86. The SMILES string of the molecule is NCc1ccc(CC(=O)NCC2COCCO2)cc1. The lowest BCUT2D eigenvalue weighted by molar-refractivity contribution is -0.123. The predicted octanol–water partition coefficient (Wildman–Crippen LogP) is 0.219. The third kappa shape index (κ3) is 4.63. The second kappa shape index (κ2) is 7.23. The molecule has 1 aromatic rings. The summed E-state index contributed by atoms with van der Waals surface area (Å²) in [4.78, 5) is 11.8. The minimum absolute atomic E-state index is 0.00493. The average molecular weight is 264 g/mol. The fourth-order valence-corrected chi connectivity index (χ4v) is 1.92. The minimum Gasteiger partial charge on any atom is -0.376 e. The van der Waals surface area contributed by atoms with Gasteiger partial charge in [-0.05, 0) is 11.1 Å². The molecule has 1 saturated heterocycles. The van der Waals surface area contributed by atoms with Gasteiger partial charge in [0.1, 0.15) is 0 Å². The van der Waals surface area contributed by atoms with Crippen molar-refractivity contribution in [2.24, 2.45) is 5.73 Å². The highest BCUT2D eigenvalue weighted by Gasteiger charge is 2.15. The van der Waals surface area contributed by atoms with Crippen molar-refractivity contribution < 1.29 is 14.3 Å². The summed E-state index contributed by atoms with van der Waals surface area (Å²) in [6, 6.07) is 7.76. The number of carbonyl (C=O) groups is 1. The van der Waals surface area contributed by atoms with Gasteiger partial charge in [-0.3, -0.25) is 4.79 Å². The molecule has 1 fully saturated rings. The van der Waals surface area contributed by atoms with Crippen molar-refractivity contribution >= 4 is 5.91 Å². The molecule has 19 heavy (non-hydrogen) atoms. The largest absolute Gasteiger partial charge is 0.376 e. The van der Waals surface area contributed by atoms with Crippen LogP contribution < -0.4 is 11.1 Å². The highest BCUT2D eigenvalue weighted by Crippen LogP contribution is 2.05. The van der Waals surface area contributed by atoms with Crippen LogP contribution in [-0.2, 0) is 27.2 Å². The Morgan fingerprint density at radius 2 is 2.00 bits per heavy atom. The second-order valence-electron chi connectivity index (χ2n) is 4.57. The van der Waals surface area contributed by atoms with Crippen molar-refractivity contribution in [3.8, 4) is 0 Å². The molecule has 1 aliphatic rings. The van der Waals surface area contributed by atoms with Gasteiger partial charge < -0.3 is 20.5 Å². The molecule has 0 spiro atoms. The van der Waals surface area contributed by atoms with E-state index in [0.717, 1.165) is 11.1 Å². The molecule has 1 amide bonds. The molecule has 5 heteroatoms. The van der Waals surface area contributed by atoms with E-state index in [1.165, 1.54) is 0 Å². The Labute approximate surface area is 113 Å². The summed E-state index contributed by atoms with van der Waals surface area (Å²) < 4.78 is 10.7. The van der Waals surface area contributed by atoms with Crippen LogP contribution in [0.3, 0.4) is 0 Å². The molecule has 0 saturated carbocycles. The van der Waals surface area contributed by atoms with Crippen LogP contribution in [0.5, 0.6) is 0 Å². The molecule has 0 aliphatic carbocycles. The zero-order chi connectivity index (χ0) is 13.5. The maximum absolute atomic E-state index is 11.8. The number of nitrogens with two attached hydrogens (primary N) is 1. The van der Waals surface area contributed by atoms with Crippen LogP contribution in [0.1, 0.15) is 11.1 Å². The van der Waals surface area contributed by atoms with E-state index in [9.17, 15) is 4.79 Å². The molecule has 1 atom stereocenters. The average Bonchev–Trinajstić information content (AvgIpc) is 2.47. The Hall–Kier alpha value is -1.43. The van der Waals surface area contributed by atoms with Gasteiger partial charge in [-0.15, -0.1) is 0 Å². The first kappa shape index (κ1) is 14.0. The number of hydrogen-bond donors (Lipinski definition) is 2. The monoisotopic (exact) mass is 264 g/mol. The third-order valence-corrected chi connectivity index (χ3v) is 3.04. The maximum Gasteiger partial charge on any atom is 0.224 e. The fraction of sp³-hybridized carbons (Fsp3) is 0.500. The van der Waals surface area contributed by atoms with E-state index in [-0.39, 0.29) is 12.0 Å². The van der Waals surface area contributed by atoms with Gasteiger partial charge in [-0.1, -0.05) is 24.3 Å². The topological polar surface area (TPSA) is 73.6 Å². The predicted molar refractivity (Wildman–Crippen MR) is 71.6 cm³/mol. The van der Waals surface area contributed by atoms with E-state index < -0.39 is 0 Å². The van der Waals surface area contributed by atoms with Crippen molar-refractivity contribution in [2.45, 2.75) is 19.1 Å². The van der Waals surface area contributed by atoms with Crippen LogP contribution in [0.2, 0.25) is 0 Å². The molecular weight excluding hydrogens is 244 g/mol. The van der Waals surface area contributed by atoms with E-state index in [2.05, 4.69) is 5.32 Å². The number of rotatable bonds is 5. The Morgan fingerprint density at radius 3 is 2.63 bits per heavy atom. The fourth-order valence-electron chi connectivity index (χ4n) is 1.92. The van der Waals surface area contributed by atoms with Crippen molar-refractivity contribution in [2.75, 3.05) is 26.4 Å².